The molecule has 2 rings (SSSR count). The van der Waals surface area contributed by atoms with Gasteiger partial charge in [0, 0.05) is 43.8 Å². The first-order chi connectivity index (χ1) is 12.7. The zero-order valence-corrected chi connectivity index (χ0v) is 16.2. The van der Waals surface area contributed by atoms with Crippen LogP contribution in [-0.4, -0.2) is 50.9 Å². The summed E-state index contributed by atoms with van der Waals surface area (Å²) in [5.74, 6) is 2.47. The number of imidazole rings is 1. The summed E-state index contributed by atoms with van der Waals surface area (Å²) in [5.41, 5.74) is 3.45. The first-order valence-electron chi connectivity index (χ1n) is 8.82. The maximum Gasteiger partial charge on any atom is 0.243 e. The summed E-state index contributed by atoms with van der Waals surface area (Å²) >= 11 is 11.7. The molecule has 0 radical (unpaired) electrons. The van der Waals surface area contributed by atoms with Gasteiger partial charge in [0.2, 0.25) is 5.91 Å². The molecule has 0 aromatic carbocycles. The van der Waals surface area contributed by atoms with Crippen LogP contribution < -0.4 is 10.4 Å². The second kappa shape index (κ2) is 11.2. The Morgan fingerprint density at radius 3 is 2.62 bits per heavy atom. The highest BCUT2D eigenvalue weighted by molar-refractivity contribution is 6.18. The molecule has 0 saturated carbocycles. The van der Waals surface area contributed by atoms with Crippen molar-refractivity contribution in [3.05, 3.63) is 18.1 Å². The van der Waals surface area contributed by atoms with E-state index >= 15 is 0 Å². The van der Waals surface area contributed by atoms with Gasteiger partial charge in [0.1, 0.15) is 11.6 Å². The van der Waals surface area contributed by atoms with E-state index in [0.29, 0.717) is 31.3 Å². The van der Waals surface area contributed by atoms with Crippen LogP contribution in [0, 0.1) is 0 Å². The molecule has 0 unspecified atom stereocenters. The predicted molar refractivity (Wildman–Crippen MR) is 104 cm³/mol. The molecule has 2 aromatic heterocycles. The van der Waals surface area contributed by atoms with Gasteiger partial charge in [0.05, 0.1) is 17.2 Å². The van der Waals surface area contributed by atoms with Gasteiger partial charge in [-0.15, -0.1) is 23.2 Å². The van der Waals surface area contributed by atoms with Gasteiger partial charge in [-0.1, -0.05) is 12.8 Å². The highest BCUT2D eigenvalue weighted by atomic mass is 35.5. The number of aromatic amines is 1. The minimum atomic E-state index is -0.331. The fourth-order valence-corrected chi connectivity index (χ4v) is 3.18. The van der Waals surface area contributed by atoms with Crippen molar-refractivity contribution in [2.75, 3.05) is 29.7 Å². The maximum atomic E-state index is 10.9. The number of alkyl halides is 2. The molecule has 0 atom stereocenters. The molecule has 0 fully saturated rings. The number of H-pyrrole nitrogens is 1. The fraction of sp³-hybridized carbons (Fsp3) is 0.588. The molecule has 0 spiro atoms. The summed E-state index contributed by atoms with van der Waals surface area (Å²) in [6, 6.07) is 1.96. The van der Waals surface area contributed by atoms with Crippen molar-refractivity contribution in [3.63, 3.8) is 0 Å². The Hall–Kier alpha value is -1.57. The number of rotatable bonds is 12. The van der Waals surface area contributed by atoms with Crippen LogP contribution in [0.3, 0.4) is 0 Å². The van der Waals surface area contributed by atoms with Crippen molar-refractivity contribution in [2.45, 2.75) is 38.5 Å². The molecule has 0 aliphatic heterocycles. The summed E-state index contributed by atoms with van der Waals surface area (Å²) in [6.07, 6.45) is 6.73. The number of aryl methyl sites for hydroxylation is 1. The third kappa shape index (κ3) is 6.30. The van der Waals surface area contributed by atoms with Gasteiger partial charge in [-0.2, -0.15) is 0 Å². The van der Waals surface area contributed by atoms with Crippen molar-refractivity contribution < 1.29 is 10.0 Å². The van der Waals surface area contributed by atoms with Crippen LogP contribution in [-0.2, 0) is 11.2 Å². The number of nitrogens with one attached hydrogen (secondary N) is 2. The van der Waals surface area contributed by atoms with E-state index in [1.807, 2.05) is 6.07 Å². The molecule has 1 amide bonds. The number of carbonyl (C=O) groups is 1. The fourth-order valence-electron chi connectivity index (χ4n) is 2.78. The predicted octanol–water partition coefficient (Wildman–Crippen LogP) is 3.24. The number of amides is 1. The summed E-state index contributed by atoms with van der Waals surface area (Å²) in [5, 5.41) is 8.44. The molecular weight excluding hydrogens is 377 g/mol. The van der Waals surface area contributed by atoms with E-state index < -0.39 is 0 Å². The van der Waals surface area contributed by atoms with E-state index in [2.05, 4.69) is 19.9 Å². The molecule has 0 aliphatic carbocycles. The summed E-state index contributed by atoms with van der Waals surface area (Å²) in [6.45, 7) is 1.39. The number of fused-ring (bicyclic) bond motifs is 1. The Morgan fingerprint density at radius 1 is 1.19 bits per heavy atom. The lowest BCUT2D eigenvalue weighted by Gasteiger charge is -2.21. The molecule has 2 aromatic rings. The van der Waals surface area contributed by atoms with E-state index in [4.69, 9.17) is 28.4 Å². The number of pyridine rings is 1. The largest absolute Gasteiger partial charge is 0.354 e. The van der Waals surface area contributed by atoms with Crippen LogP contribution in [0.15, 0.2) is 12.3 Å². The molecule has 144 valence electrons. The second-order valence-corrected chi connectivity index (χ2v) is 6.81. The Morgan fingerprint density at radius 2 is 1.92 bits per heavy atom. The number of halogens is 2. The molecule has 3 N–H and O–H groups in total. The highest BCUT2D eigenvalue weighted by Crippen LogP contribution is 2.19. The number of unbranched alkanes of at least 4 members (excludes halogenated alkanes) is 3. The van der Waals surface area contributed by atoms with Gasteiger partial charge in [-0.25, -0.2) is 15.4 Å². The highest BCUT2D eigenvalue weighted by Gasteiger charge is 2.10. The molecule has 0 saturated heterocycles. The molecule has 2 heterocycles. The van der Waals surface area contributed by atoms with Crippen molar-refractivity contribution in [1.82, 2.24) is 20.4 Å². The van der Waals surface area contributed by atoms with Crippen LogP contribution in [0.4, 0.5) is 5.82 Å². The van der Waals surface area contributed by atoms with Crippen LogP contribution in [0.2, 0.25) is 0 Å². The van der Waals surface area contributed by atoms with E-state index in [0.717, 1.165) is 54.8 Å². The quantitative estimate of drug-likeness (QED) is 0.219. The summed E-state index contributed by atoms with van der Waals surface area (Å²) in [4.78, 5) is 25.4. The van der Waals surface area contributed by atoms with Gasteiger partial charge < -0.3 is 9.88 Å². The Bertz CT molecular complexity index is 689. The Kier molecular flexibility index (Phi) is 8.94. The van der Waals surface area contributed by atoms with Crippen LogP contribution in [0.1, 0.15) is 37.9 Å². The Labute approximate surface area is 163 Å². The zero-order valence-electron chi connectivity index (χ0n) is 14.7. The summed E-state index contributed by atoms with van der Waals surface area (Å²) < 4.78 is 0. The number of nitrogens with zero attached hydrogens (tertiary/aromatic N) is 3. The number of aromatic nitrogens is 3. The molecular formula is C17H25Cl2N5O2. The maximum absolute atomic E-state index is 10.9. The molecule has 0 bridgehead atoms. The minimum absolute atomic E-state index is 0.331. The van der Waals surface area contributed by atoms with Gasteiger partial charge in [-0.05, 0) is 12.8 Å². The van der Waals surface area contributed by atoms with E-state index in [1.54, 1.807) is 11.7 Å². The van der Waals surface area contributed by atoms with E-state index in [1.165, 1.54) is 0 Å². The van der Waals surface area contributed by atoms with Gasteiger partial charge >= 0.3 is 0 Å². The lowest BCUT2D eigenvalue weighted by molar-refractivity contribution is -0.129. The van der Waals surface area contributed by atoms with Crippen molar-refractivity contribution in [3.8, 4) is 0 Å². The minimum Gasteiger partial charge on any atom is -0.354 e. The average Bonchev–Trinajstić information content (AvgIpc) is 3.06. The van der Waals surface area contributed by atoms with Crippen molar-refractivity contribution >= 4 is 46.0 Å². The smallest absolute Gasteiger partial charge is 0.243 e. The summed E-state index contributed by atoms with van der Waals surface area (Å²) in [7, 11) is 0. The zero-order chi connectivity index (χ0) is 18.8. The molecule has 0 aliphatic rings. The first kappa shape index (κ1) is 20.7. The van der Waals surface area contributed by atoms with Crippen LogP contribution in [0.25, 0.3) is 11.0 Å². The monoisotopic (exact) mass is 401 g/mol. The number of hydrogen-bond donors (Lipinski definition) is 3. The number of hydroxylamine groups is 1. The normalized spacial score (nSPS) is 11.0. The van der Waals surface area contributed by atoms with Gasteiger partial charge in [0.25, 0.3) is 0 Å². The standard InChI is InChI=1S/C17H25Cl2N5O2/c18-7-9-24(10-8-19)16-11-13-14(12-20-16)22-15(21-13)5-3-1-2-4-6-17(25)23-26/h11-12,26H,1-10H2,(H,21,22)(H,23,25). The van der Waals surface area contributed by atoms with Crippen LogP contribution in [0.5, 0.6) is 0 Å². The molecule has 26 heavy (non-hydrogen) atoms. The van der Waals surface area contributed by atoms with Crippen LogP contribution >= 0.6 is 23.2 Å². The third-order valence-corrected chi connectivity index (χ3v) is 4.47. The molecule has 7 nitrogen and oxygen atoms in total. The SMILES string of the molecule is O=C(CCCCCCc1nc2cc(N(CCCl)CCCl)ncc2[nH]1)NO. The Balaban J connectivity index is 1.87. The number of anilines is 1. The van der Waals surface area contributed by atoms with Gasteiger partial charge in [-0.3, -0.25) is 10.0 Å². The number of hydrogen-bond acceptors (Lipinski definition) is 5. The number of carbonyl (C=O) groups excluding carboxylic acids is 1. The van der Waals surface area contributed by atoms with E-state index in [-0.39, 0.29) is 5.91 Å². The average molecular weight is 402 g/mol. The van der Waals surface area contributed by atoms with Gasteiger partial charge in [0.15, 0.2) is 0 Å². The first-order valence-corrected chi connectivity index (χ1v) is 9.89. The topological polar surface area (TPSA) is 94.1 Å². The second-order valence-electron chi connectivity index (χ2n) is 6.06. The van der Waals surface area contributed by atoms with Crippen molar-refractivity contribution in [2.24, 2.45) is 0 Å². The lowest BCUT2D eigenvalue weighted by Crippen LogP contribution is -2.28. The van der Waals surface area contributed by atoms with E-state index in [9.17, 15) is 4.79 Å². The van der Waals surface area contributed by atoms with Crippen molar-refractivity contribution in [1.29, 1.82) is 0 Å². The molecule has 9 heteroatoms. The third-order valence-electron chi connectivity index (χ3n) is 4.13. The lowest BCUT2D eigenvalue weighted by atomic mass is 10.1.